The van der Waals surface area contributed by atoms with Crippen molar-refractivity contribution < 1.29 is 0 Å². The van der Waals surface area contributed by atoms with E-state index in [-0.39, 0.29) is 0 Å². The number of allylic oxidation sites excluding steroid dienone is 2. The monoisotopic (exact) mass is 227 g/mol. The van der Waals surface area contributed by atoms with Crippen LogP contribution in [0, 0.1) is 6.92 Å². The Morgan fingerprint density at radius 3 is 2.65 bits per heavy atom. The topological polar surface area (TPSA) is 43.6 Å². The molecule has 0 saturated heterocycles. The van der Waals surface area contributed by atoms with Gasteiger partial charge in [-0.2, -0.15) is 0 Å². The summed E-state index contributed by atoms with van der Waals surface area (Å²) in [5.41, 5.74) is 3.35. The molecule has 2 rings (SSSR count). The number of rotatable bonds is 3. The Balaban J connectivity index is 2.36. The van der Waals surface area contributed by atoms with Gasteiger partial charge in [-0.05, 0) is 42.3 Å². The zero-order valence-corrected chi connectivity index (χ0v) is 10.1. The van der Waals surface area contributed by atoms with Crippen LogP contribution in [0.1, 0.15) is 19.4 Å². The lowest BCUT2D eigenvalue weighted by Gasteiger charge is -2.04. The lowest BCUT2D eigenvalue weighted by molar-refractivity contribution is 0.631. The maximum atomic E-state index is 4.03. The van der Waals surface area contributed by atoms with Crippen LogP contribution in [0.4, 0.5) is 0 Å². The smallest absolute Gasteiger partial charge is 0.181 e. The fraction of sp³-hybridized carbons (Fsp3) is 0.231. The molecule has 2 aromatic rings. The second kappa shape index (κ2) is 4.91. The van der Waals surface area contributed by atoms with E-state index in [2.05, 4.69) is 34.6 Å². The summed E-state index contributed by atoms with van der Waals surface area (Å²) in [6, 6.07) is 8.17. The highest BCUT2D eigenvalue weighted by atomic mass is 15.5. The van der Waals surface area contributed by atoms with Crippen molar-refractivity contribution in [2.45, 2.75) is 20.4 Å². The van der Waals surface area contributed by atoms with E-state index in [1.165, 1.54) is 5.56 Å². The van der Waals surface area contributed by atoms with E-state index >= 15 is 0 Å². The predicted molar refractivity (Wildman–Crippen MR) is 67.9 cm³/mol. The first-order valence-electron chi connectivity index (χ1n) is 5.59. The molecule has 1 aromatic carbocycles. The van der Waals surface area contributed by atoms with Crippen LogP contribution in [0.5, 0.6) is 0 Å². The second-order valence-electron chi connectivity index (χ2n) is 3.78. The minimum Gasteiger partial charge on any atom is -0.226 e. The quantitative estimate of drug-likeness (QED) is 0.809. The summed E-state index contributed by atoms with van der Waals surface area (Å²) in [5, 5.41) is 11.6. The normalized spacial score (nSPS) is 11.8. The summed E-state index contributed by atoms with van der Waals surface area (Å²) in [7, 11) is 0. The maximum absolute atomic E-state index is 4.03. The Labute approximate surface area is 101 Å². The van der Waals surface area contributed by atoms with Crippen molar-refractivity contribution in [1.29, 1.82) is 0 Å². The molecule has 1 radical (unpaired) electrons. The number of aromatic nitrogens is 4. The molecule has 0 aliphatic carbocycles. The molecule has 0 unspecified atom stereocenters. The number of benzene rings is 1. The maximum Gasteiger partial charge on any atom is 0.181 e. The standard InChI is InChI=1S/C13H15N4/c1-4-10(3)11-6-8-12(9-7-11)13-14-15-16-17(13)5-2/h4,6-9H,1,5H2,2-3H3/b10-4-. The number of hydrogen-bond donors (Lipinski definition) is 0. The van der Waals surface area contributed by atoms with Gasteiger partial charge in [0, 0.05) is 12.1 Å². The van der Waals surface area contributed by atoms with Crippen LogP contribution in [0.3, 0.4) is 0 Å². The Kier molecular flexibility index (Phi) is 3.32. The lowest BCUT2D eigenvalue weighted by atomic mass is 10.1. The van der Waals surface area contributed by atoms with E-state index in [0.717, 1.165) is 23.5 Å². The predicted octanol–water partition coefficient (Wildman–Crippen LogP) is 2.60. The fourth-order valence-corrected chi connectivity index (χ4v) is 1.62. The van der Waals surface area contributed by atoms with Crippen molar-refractivity contribution in [2.75, 3.05) is 0 Å². The molecule has 4 nitrogen and oxygen atoms in total. The first-order chi connectivity index (χ1) is 8.26. The third-order valence-corrected chi connectivity index (χ3v) is 2.74. The molecule has 0 aliphatic heterocycles. The van der Waals surface area contributed by atoms with Crippen LogP contribution < -0.4 is 0 Å². The van der Waals surface area contributed by atoms with E-state index in [1.807, 2.05) is 32.1 Å². The molecular weight excluding hydrogens is 212 g/mol. The molecular formula is C13H15N4. The molecule has 0 saturated carbocycles. The molecule has 0 fully saturated rings. The van der Waals surface area contributed by atoms with E-state index in [4.69, 9.17) is 0 Å². The first-order valence-corrected chi connectivity index (χ1v) is 5.59. The molecule has 1 heterocycles. The van der Waals surface area contributed by atoms with Gasteiger partial charge in [-0.1, -0.05) is 30.3 Å². The van der Waals surface area contributed by atoms with Gasteiger partial charge in [-0.15, -0.1) is 5.10 Å². The first kappa shape index (κ1) is 11.5. The Morgan fingerprint density at radius 2 is 2.06 bits per heavy atom. The largest absolute Gasteiger partial charge is 0.226 e. The van der Waals surface area contributed by atoms with Crippen LogP contribution >= 0.6 is 0 Å². The summed E-state index contributed by atoms with van der Waals surface area (Å²) in [6.07, 6.45) is 1.85. The van der Waals surface area contributed by atoms with Gasteiger partial charge >= 0.3 is 0 Å². The molecule has 0 aliphatic rings. The SMILES string of the molecule is [CH2]/C=C(/C)c1ccc(-c2nnnn2CC)cc1. The number of hydrogen-bond acceptors (Lipinski definition) is 3. The third kappa shape index (κ3) is 2.25. The van der Waals surface area contributed by atoms with Crippen LogP contribution in [0.15, 0.2) is 30.3 Å². The zero-order valence-electron chi connectivity index (χ0n) is 10.1. The van der Waals surface area contributed by atoms with Crippen molar-refractivity contribution in [3.05, 3.63) is 42.8 Å². The number of tetrazole rings is 1. The van der Waals surface area contributed by atoms with Gasteiger partial charge in [0.15, 0.2) is 5.82 Å². The summed E-state index contributed by atoms with van der Waals surface area (Å²) < 4.78 is 1.78. The highest BCUT2D eigenvalue weighted by Crippen LogP contribution is 2.20. The van der Waals surface area contributed by atoms with Crippen molar-refractivity contribution in [3.8, 4) is 11.4 Å². The van der Waals surface area contributed by atoms with E-state index < -0.39 is 0 Å². The van der Waals surface area contributed by atoms with Gasteiger partial charge in [0.1, 0.15) is 0 Å². The fourth-order valence-electron chi connectivity index (χ4n) is 1.62. The summed E-state index contributed by atoms with van der Waals surface area (Å²) in [6.45, 7) is 8.59. The summed E-state index contributed by atoms with van der Waals surface area (Å²) >= 11 is 0. The van der Waals surface area contributed by atoms with Crippen molar-refractivity contribution in [2.24, 2.45) is 0 Å². The van der Waals surface area contributed by atoms with E-state index in [0.29, 0.717) is 0 Å². The van der Waals surface area contributed by atoms with Gasteiger partial charge in [0.25, 0.3) is 0 Å². The molecule has 0 amide bonds. The molecule has 0 atom stereocenters. The average molecular weight is 227 g/mol. The molecule has 87 valence electrons. The van der Waals surface area contributed by atoms with E-state index in [9.17, 15) is 0 Å². The Bertz CT molecular complexity index is 523. The van der Waals surface area contributed by atoms with Gasteiger partial charge in [-0.25, -0.2) is 4.68 Å². The average Bonchev–Trinajstić information content (AvgIpc) is 2.86. The van der Waals surface area contributed by atoms with E-state index in [1.54, 1.807) is 4.68 Å². The Morgan fingerprint density at radius 1 is 1.35 bits per heavy atom. The Hall–Kier alpha value is -1.97. The van der Waals surface area contributed by atoms with Crippen molar-refractivity contribution in [1.82, 2.24) is 20.2 Å². The summed E-state index contributed by atoms with van der Waals surface area (Å²) in [5.74, 6) is 0.801. The van der Waals surface area contributed by atoms with Gasteiger partial charge in [0.2, 0.25) is 0 Å². The van der Waals surface area contributed by atoms with Crippen molar-refractivity contribution >= 4 is 5.57 Å². The number of nitrogens with zero attached hydrogens (tertiary/aromatic N) is 4. The molecule has 1 aromatic heterocycles. The van der Waals surface area contributed by atoms with Crippen molar-refractivity contribution in [3.63, 3.8) is 0 Å². The minimum absolute atomic E-state index is 0.766. The minimum atomic E-state index is 0.766. The van der Waals surface area contributed by atoms with Crippen LogP contribution in [-0.2, 0) is 6.54 Å². The molecule has 0 bridgehead atoms. The highest BCUT2D eigenvalue weighted by molar-refractivity contribution is 5.67. The molecule has 0 spiro atoms. The number of aryl methyl sites for hydroxylation is 1. The van der Waals surface area contributed by atoms with Gasteiger partial charge in [-0.3, -0.25) is 0 Å². The van der Waals surface area contributed by atoms with Crippen LogP contribution in [-0.4, -0.2) is 20.2 Å². The van der Waals surface area contributed by atoms with Gasteiger partial charge in [0.05, 0.1) is 0 Å². The van der Waals surface area contributed by atoms with Gasteiger partial charge < -0.3 is 0 Å². The van der Waals surface area contributed by atoms with Crippen LogP contribution in [0.25, 0.3) is 17.0 Å². The second-order valence-corrected chi connectivity index (χ2v) is 3.78. The lowest BCUT2D eigenvalue weighted by Crippen LogP contribution is -1.99. The summed E-state index contributed by atoms with van der Waals surface area (Å²) in [4.78, 5) is 0. The molecule has 4 heteroatoms. The molecule has 17 heavy (non-hydrogen) atoms. The zero-order chi connectivity index (χ0) is 12.3. The van der Waals surface area contributed by atoms with Crippen LogP contribution in [0.2, 0.25) is 0 Å². The third-order valence-electron chi connectivity index (χ3n) is 2.74. The molecule has 0 N–H and O–H groups in total. The highest BCUT2D eigenvalue weighted by Gasteiger charge is 2.07.